The van der Waals surface area contributed by atoms with E-state index < -0.39 is 6.04 Å². The van der Waals surface area contributed by atoms with Gasteiger partial charge in [-0.1, -0.05) is 6.07 Å². The lowest BCUT2D eigenvalue weighted by molar-refractivity contribution is -0.121. The number of fused-ring (bicyclic) bond motifs is 1. The molecule has 0 aliphatic carbocycles. The van der Waals surface area contributed by atoms with E-state index in [2.05, 4.69) is 15.3 Å². The number of nitrogens with zero attached hydrogens (tertiary/aromatic N) is 2. The van der Waals surface area contributed by atoms with Gasteiger partial charge in [0.1, 0.15) is 11.9 Å². The Balaban J connectivity index is 1.35. The minimum absolute atomic E-state index is 0.188. The van der Waals surface area contributed by atoms with E-state index in [1.54, 1.807) is 28.4 Å². The standard InChI is InChI=1S/C22H20N4O3S/c27-21(17-5-1-2-10-26(17)22(28)18-6-3-11-29-18)23-14-8-9-15-16(13-14)25-20(24-15)19-7-4-12-30-19/h3-4,6-9,11-13,17H,1-2,5,10H2,(H,23,27)(H,24,25). The number of aromatic amines is 1. The zero-order chi connectivity index (χ0) is 20.5. The van der Waals surface area contributed by atoms with Crippen molar-refractivity contribution < 1.29 is 14.0 Å². The summed E-state index contributed by atoms with van der Waals surface area (Å²) >= 11 is 1.62. The normalized spacial score (nSPS) is 16.7. The zero-order valence-electron chi connectivity index (χ0n) is 16.1. The number of rotatable bonds is 4. The first kappa shape index (κ1) is 18.6. The van der Waals surface area contributed by atoms with E-state index in [-0.39, 0.29) is 17.6 Å². The number of carbonyl (C=O) groups excluding carboxylic acids is 2. The van der Waals surface area contributed by atoms with E-state index in [1.807, 2.05) is 35.7 Å². The summed E-state index contributed by atoms with van der Waals surface area (Å²) in [6.45, 7) is 0.543. The quantitative estimate of drug-likeness (QED) is 0.508. The van der Waals surface area contributed by atoms with Crippen molar-refractivity contribution in [1.82, 2.24) is 14.9 Å². The molecule has 1 fully saturated rings. The monoisotopic (exact) mass is 420 g/mol. The Morgan fingerprint density at radius 1 is 1.20 bits per heavy atom. The molecule has 0 spiro atoms. The second kappa shape index (κ2) is 7.79. The molecule has 0 radical (unpaired) electrons. The highest BCUT2D eigenvalue weighted by Gasteiger charge is 2.33. The van der Waals surface area contributed by atoms with Gasteiger partial charge in [0, 0.05) is 12.2 Å². The summed E-state index contributed by atoms with van der Waals surface area (Å²) in [5.41, 5.74) is 2.36. The van der Waals surface area contributed by atoms with Crippen molar-refractivity contribution in [3.63, 3.8) is 0 Å². The molecular weight excluding hydrogens is 400 g/mol. The van der Waals surface area contributed by atoms with Gasteiger partial charge in [-0.25, -0.2) is 4.98 Å². The topological polar surface area (TPSA) is 91.2 Å². The SMILES string of the molecule is O=C(Nc1ccc2nc(-c3cccs3)[nH]c2c1)C1CCCCN1C(=O)c1ccco1. The molecular formula is C22H20N4O3S. The summed E-state index contributed by atoms with van der Waals surface area (Å²) in [5, 5.41) is 4.98. The largest absolute Gasteiger partial charge is 0.459 e. The van der Waals surface area contributed by atoms with Crippen LogP contribution in [0.2, 0.25) is 0 Å². The van der Waals surface area contributed by atoms with Crippen molar-refractivity contribution in [1.29, 1.82) is 0 Å². The van der Waals surface area contributed by atoms with E-state index in [0.717, 1.165) is 34.6 Å². The van der Waals surface area contributed by atoms with Crippen LogP contribution in [-0.2, 0) is 4.79 Å². The molecule has 2 amide bonds. The maximum absolute atomic E-state index is 13.0. The fourth-order valence-corrected chi connectivity index (χ4v) is 4.50. The molecule has 8 heteroatoms. The highest BCUT2D eigenvalue weighted by molar-refractivity contribution is 7.13. The van der Waals surface area contributed by atoms with Crippen molar-refractivity contribution in [3.8, 4) is 10.7 Å². The van der Waals surface area contributed by atoms with E-state index in [0.29, 0.717) is 18.7 Å². The molecule has 4 aromatic rings. The highest BCUT2D eigenvalue weighted by Crippen LogP contribution is 2.27. The molecule has 1 saturated heterocycles. The van der Waals surface area contributed by atoms with Gasteiger partial charge in [0.05, 0.1) is 22.2 Å². The van der Waals surface area contributed by atoms with Crippen molar-refractivity contribution in [2.45, 2.75) is 25.3 Å². The number of piperidine rings is 1. The van der Waals surface area contributed by atoms with Gasteiger partial charge in [-0.3, -0.25) is 9.59 Å². The number of H-pyrrole nitrogens is 1. The van der Waals surface area contributed by atoms with Crippen LogP contribution in [0, 0.1) is 0 Å². The molecule has 1 aliphatic rings. The summed E-state index contributed by atoms with van der Waals surface area (Å²) in [7, 11) is 0. The zero-order valence-corrected chi connectivity index (χ0v) is 16.9. The van der Waals surface area contributed by atoms with Crippen LogP contribution in [0.5, 0.6) is 0 Å². The number of hydrogen-bond acceptors (Lipinski definition) is 5. The predicted molar refractivity (Wildman–Crippen MR) is 115 cm³/mol. The number of aromatic nitrogens is 2. The molecule has 2 N–H and O–H groups in total. The minimum Gasteiger partial charge on any atom is -0.459 e. The number of thiophene rings is 1. The number of imidazole rings is 1. The van der Waals surface area contributed by atoms with E-state index in [9.17, 15) is 9.59 Å². The van der Waals surface area contributed by atoms with E-state index in [4.69, 9.17) is 4.42 Å². The highest BCUT2D eigenvalue weighted by atomic mass is 32.1. The predicted octanol–water partition coefficient (Wildman–Crippen LogP) is 4.52. The van der Waals surface area contributed by atoms with Crippen LogP contribution in [0.25, 0.3) is 21.7 Å². The fraction of sp³-hybridized carbons (Fsp3) is 0.227. The first-order valence-electron chi connectivity index (χ1n) is 9.88. The van der Waals surface area contributed by atoms with Crippen molar-refractivity contribution >= 4 is 39.9 Å². The molecule has 0 saturated carbocycles. The Kier molecular flexibility index (Phi) is 4.84. The lowest BCUT2D eigenvalue weighted by Gasteiger charge is -2.34. The number of nitrogens with one attached hydrogen (secondary N) is 2. The lowest BCUT2D eigenvalue weighted by atomic mass is 10.0. The molecule has 5 rings (SSSR count). The number of carbonyl (C=O) groups is 2. The van der Waals surface area contributed by atoms with E-state index in [1.165, 1.54) is 6.26 Å². The van der Waals surface area contributed by atoms with Crippen LogP contribution in [0.15, 0.2) is 58.5 Å². The van der Waals surface area contributed by atoms with Crippen LogP contribution >= 0.6 is 11.3 Å². The first-order chi connectivity index (χ1) is 14.7. The maximum Gasteiger partial charge on any atom is 0.290 e. The van der Waals surface area contributed by atoms with Gasteiger partial charge in [0.25, 0.3) is 5.91 Å². The Labute approximate surface area is 176 Å². The molecule has 1 aliphatic heterocycles. The molecule has 0 bridgehead atoms. The first-order valence-corrected chi connectivity index (χ1v) is 10.8. The van der Waals surface area contributed by atoms with Crippen molar-refractivity contribution in [3.05, 3.63) is 59.9 Å². The van der Waals surface area contributed by atoms with Gasteiger partial charge in [-0.2, -0.15) is 0 Å². The number of furan rings is 1. The smallest absolute Gasteiger partial charge is 0.290 e. The third-order valence-corrected chi connectivity index (χ3v) is 6.18. The number of benzene rings is 1. The third-order valence-electron chi connectivity index (χ3n) is 5.30. The lowest BCUT2D eigenvalue weighted by Crippen LogP contribution is -2.49. The number of anilines is 1. The molecule has 30 heavy (non-hydrogen) atoms. The number of likely N-dealkylation sites (tertiary alicyclic amines) is 1. The third kappa shape index (κ3) is 3.50. The van der Waals surface area contributed by atoms with Crippen LogP contribution in [0.3, 0.4) is 0 Å². The molecule has 1 atom stereocenters. The molecule has 1 aromatic carbocycles. The average Bonchev–Trinajstić information content (AvgIpc) is 3.54. The number of hydrogen-bond donors (Lipinski definition) is 2. The molecule has 1 unspecified atom stereocenters. The Bertz CT molecular complexity index is 1180. The summed E-state index contributed by atoms with van der Waals surface area (Å²) in [4.78, 5) is 36.4. The Hall–Kier alpha value is -3.39. The van der Waals surface area contributed by atoms with Gasteiger partial charge in [-0.05, 0) is 61.0 Å². The summed E-state index contributed by atoms with van der Waals surface area (Å²) in [5.74, 6) is 0.636. The van der Waals surface area contributed by atoms with Gasteiger partial charge in [-0.15, -0.1) is 11.3 Å². The summed E-state index contributed by atoms with van der Waals surface area (Å²) in [6.07, 6.45) is 3.88. The van der Waals surface area contributed by atoms with Crippen molar-refractivity contribution in [2.24, 2.45) is 0 Å². The molecule has 3 aromatic heterocycles. The second-order valence-corrected chi connectivity index (χ2v) is 8.22. The Morgan fingerprint density at radius 2 is 2.13 bits per heavy atom. The van der Waals surface area contributed by atoms with Crippen LogP contribution in [-0.4, -0.2) is 39.3 Å². The second-order valence-electron chi connectivity index (χ2n) is 7.27. The summed E-state index contributed by atoms with van der Waals surface area (Å²) < 4.78 is 5.24. The maximum atomic E-state index is 13.0. The molecule has 152 valence electrons. The van der Waals surface area contributed by atoms with E-state index >= 15 is 0 Å². The Morgan fingerprint density at radius 3 is 2.93 bits per heavy atom. The van der Waals surface area contributed by atoms with Gasteiger partial charge in [0.15, 0.2) is 5.76 Å². The fourth-order valence-electron chi connectivity index (χ4n) is 3.83. The molecule has 7 nitrogen and oxygen atoms in total. The minimum atomic E-state index is -0.518. The van der Waals surface area contributed by atoms with Crippen molar-refractivity contribution in [2.75, 3.05) is 11.9 Å². The number of amides is 2. The van der Waals surface area contributed by atoms with Gasteiger partial charge < -0.3 is 19.6 Å². The van der Waals surface area contributed by atoms with Crippen LogP contribution in [0.4, 0.5) is 5.69 Å². The molecule has 4 heterocycles. The van der Waals surface area contributed by atoms with Crippen LogP contribution in [0.1, 0.15) is 29.8 Å². The van der Waals surface area contributed by atoms with Gasteiger partial charge >= 0.3 is 0 Å². The van der Waals surface area contributed by atoms with Gasteiger partial charge in [0.2, 0.25) is 5.91 Å². The van der Waals surface area contributed by atoms with Crippen LogP contribution < -0.4 is 5.32 Å². The summed E-state index contributed by atoms with van der Waals surface area (Å²) in [6, 6.07) is 12.4. The average molecular weight is 420 g/mol.